The van der Waals surface area contributed by atoms with Crippen molar-refractivity contribution in [3.63, 3.8) is 0 Å². The van der Waals surface area contributed by atoms with Gasteiger partial charge in [0, 0.05) is 19.6 Å². The zero-order chi connectivity index (χ0) is 10.1. The molecule has 0 aliphatic rings. The van der Waals surface area contributed by atoms with Crippen molar-refractivity contribution in [2.45, 2.75) is 40.4 Å². The van der Waals surface area contributed by atoms with E-state index >= 15 is 0 Å². The number of ether oxygens (including phenoxy) is 2. The normalized spacial score (nSPS) is 10.3. The van der Waals surface area contributed by atoms with Crippen LogP contribution in [0, 0.1) is 17.8 Å². The van der Waals surface area contributed by atoms with E-state index in [1.807, 2.05) is 13.8 Å². The zero-order valence-electron chi connectivity index (χ0n) is 9.09. The van der Waals surface area contributed by atoms with E-state index in [1.165, 1.54) is 0 Å². The smallest absolute Gasteiger partial charge is 0.222 e. The minimum absolute atomic E-state index is 0.339. The minimum atomic E-state index is -0.339. The van der Waals surface area contributed by atoms with E-state index < -0.39 is 0 Å². The molecule has 0 aromatic heterocycles. The van der Waals surface area contributed by atoms with Crippen LogP contribution in [0.4, 0.5) is 0 Å². The van der Waals surface area contributed by atoms with E-state index in [0.717, 1.165) is 6.42 Å². The van der Waals surface area contributed by atoms with Crippen LogP contribution in [0.3, 0.4) is 0 Å². The Morgan fingerprint density at radius 3 is 2.00 bits per heavy atom. The van der Waals surface area contributed by atoms with Crippen molar-refractivity contribution in [2.75, 3.05) is 13.2 Å². The van der Waals surface area contributed by atoms with Gasteiger partial charge in [-0.15, -0.1) is 0 Å². The lowest BCUT2D eigenvalue weighted by Crippen LogP contribution is -2.14. The monoisotopic (exact) mass is 184 g/mol. The van der Waals surface area contributed by atoms with Crippen molar-refractivity contribution >= 4 is 0 Å². The van der Waals surface area contributed by atoms with Crippen LogP contribution in [0.5, 0.6) is 0 Å². The maximum atomic E-state index is 5.27. The third-order valence-corrected chi connectivity index (χ3v) is 1.37. The van der Waals surface area contributed by atoms with E-state index in [1.54, 1.807) is 0 Å². The summed E-state index contributed by atoms with van der Waals surface area (Å²) >= 11 is 0. The van der Waals surface area contributed by atoms with Gasteiger partial charge in [0.25, 0.3) is 0 Å². The highest BCUT2D eigenvalue weighted by atomic mass is 16.7. The summed E-state index contributed by atoms with van der Waals surface area (Å²) in [5.74, 6) is 6.62. The van der Waals surface area contributed by atoms with Crippen LogP contribution >= 0.6 is 0 Å². The molecule has 0 saturated carbocycles. The van der Waals surface area contributed by atoms with E-state index in [4.69, 9.17) is 9.47 Å². The molecule has 0 saturated heterocycles. The Balaban J connectivity index is 3.81. The molecular weight excluding hydrogens is 164 g/mol. The molecule has 0 bridgehead atoms. The van der Waals surface area contributed by atoms with E-state index in [9.17, 15) is 0 Å². The first-order valence-corrected chi connectivity index (χ1v) is 4.92. The van der Waals surface area contributed by atoms with E-state index in [0.29, 0.717) is 19.1 Å². The highest BCUT2D eigenvalue weighted by molar-refractivity contribution is 5.02. The van der Waals surface area contributed by atoms with Crippen LogP contribution in [0.1, 0.15) is 34.1 Å². The maximum absolute atomic E-state index is 5.27. The summed E-state index contributed by atoms with van der Waals surface area (Å²) in [5.41, 5.74) is 0. The maximum Gasteiger partial charge on any atom is 0.222 e. The van der Waals surface area contributed by atoms with Crippen LogP contribution in [-0.2, 0) is 9.47 Å². The van der Waals surface area contributed by atoms with Crippen molar-refractivity contribution in [3.05, 3.63) is 0 Å². The molecule has 0 atom stereocenters. The van der Waals surface area contributed by atoms with Crippen LogP contribution in [-0.4, -0.2) is 19.5 Å². The Kier molecular flexibility index (Phi) is 7.77. The SMILES string of the molecule is CCOC(C#CCC(C)C)OCC. The van der Waals surface area contributed by atoms with Gasteiger partial charge in [-0.2, -0.15) is 0 Å². The second-order valence-electron chi connectivity index (χ2n) is 3.16. The molecule has 0 aliphatic heterocycles. The average molecular weight is 184 g/mol. The van der Waals surface area contributed by atoms with Crippen molar-refractivity contribution in [3.8, 4) is 11.8 Å². The Hall–Kier alpha value is -0.520. The lowest BCUT2D eigenvalue weighted by molar-refractivity contribution is -0.0970. The van der Waals surface area contributed by atoms with E-state index in [-0.39, 0.29) is 6.29 Å². The highest BCUT2D eigenvalue weighted by Gasteiger charge is 2.01. The second-order valence-corrected chi connectivity index (χ2v) is 3.16. The van der Waals surface area contributed by atoms with Crippen LogP contribution < -0.4 is 0 Å². The summed E-state index contributed by atoms with van der Waals surface area (Å²) in [6.07, 6.45) is 0.560. The fourth-order valence-corrected chi connectivity index (χ4v) is 0.781. The largest absolute Gasteiger partial charge is 0.342 e. The molecule has 0 rings (SSSR count). The molecule has 0 N–H and O–H groups in total. The third-order valence-electron chi connectivity index (χ3n) is 1.37. The predicted molar refractivity (Wildman–Crippen MR) is 54.3 cm³/mol. The first kappa shape index (κ1) is 12.5. The van der Waals surface area contributed by atoms with Gasteiger partial charge in [0.15, 0.2) is 0 Å². The summed E-state index contributed by atoms with van der Waals surface area (Å²) in [6.45, 7) is 9.45. The molecule has 0 heterocycles. The van der Waals surface area contributed by atoms with Gasteiger partial charge in [-0.1, -0.05) is 19.8 Å². The molecule has 2 nitrogen and oxygen atoms in total. The molecule has 0 unspecified atom stereocenters. The molecule has 0 spiro atoms. The average Bonchev–Trinajstić information content (AvgIpc) is 2.04. The van der Waals surface area contributed by atoms with E-state index in [2.05, 4.69) is 25.7 Å². The Bertz CT molecular complexity index is 159. The summed E-state index contributed by atoms with van der Waals surface area (Å²) < 4.78 is 10.5. The minimum Gasteiger partial charge on any atom is -0.342 e. The van der Waals surface area contributed by atoms with Gasteiger partial charge < -0.3 is 9.47 Å². The molecule has 0 amide bonds. The van der Waals surface area contributed by atoms with Gasteiger partial charge in [-0.25, -0.2) is 0 Å². The van der Waals surface area contributed by atoms with Gasteiger partial charge in [0.05, 0.1) is 0 Å². The number of rotatable bonds is 5. The molecule has 2 heteroatoms. The van der Waals surface area contributed by atoms with Gasteiger partial charge >= 0.3 is 0 Å². The lowest BCUT2D eigenvalue weighted by atomic mass is 10.1. The van der Waals surface area contributed by atoms with Crippen molar-refractivity contribution in [1.82, 2.24) is 0 Å². The Morgan fingerprint density at radius 1 is 1.08 bits per heavy atom. The molecule has 76 valence electrons. The summed E-state index contributed by atoms with van der Waals surface area (Å²) in [4.78, 5) is 0. The summed E-state index contributed by atoms with van der Waals surface area (Å²) in [5, 5.41) is 0. The van der Waals surface area contributed by atoms with Crippen LogP contribution in [0.15, 0.2) is 0 Å². The fraction of sp³-hybridized carbons (Fsp3) is 0.818. The molecule has 0 aromatic carbocycles. The molecule has 0 aromatic rings. The van der Waals surface area contributed by atoms with Crippen molar-refractivity contribution < 1.29 is 9.47 Å². The number of hydrogen-bond acceptors (Lipinski definition) is 2. The number of hydrogen-bond donors (Lipinski definition) is 0. The molecule has 0 radical (unpaired) electrons. The summed E-state index contributed by atoms with van der Waals surface area (Å²) in [7, 11) is 0. The highest BCUT2D eigenvalue weighted by Crippen LogP contribution is 1.98. The topological polar surface area (TPSA) is 18.5 Å². The third kappa shape index (κ3) is 7.83. The fourth-order valence-electron chi connectivity index (χ4n) is 0.781. The standard InChI is InChI=1S/C11H20O2/c1-5-12-11(13-6-2)9-7-8-10(3)4/h10-11H,5-6,8H2,1-4H3. The van der Waals surface area contributed by atoms with Gasteiger partial charge in [0.2, 0.25) is 6.29 Å². The Morgan fingerprint density at radius 2 is 1.62 bits per heavy atom. The predicted octanol–water partition coefficient (Wildman–Crippen LogP) is 2.44. The molecule has 0 fully saturated rings. The van der Waals surface area contributed by atoms with Crippen LogP contribution in [0.25, 0.3) is 0 Å². The van der Waals surface area contributed by atoms with Crippen molar-refractivity contribution in [1.29, 1.82) is 0 Å². The first-order valence-electron chi connectivity index (χ1n) is 4.92. The summed E-state index contributed by atoms with van der Waals surface area (Å²) in [6, 6.07) is 0. The van der Waals surface area contributed by atoms with Crippen LogP contribution in [0.2, 0.25) is 0 Å². The van der Waals surface area contributed by atoms with Gasteiger partial charge in [-0.05, 0) is 25.7 Å². The molecule has 13 heavy (non-hydrogen) atoms. The first-order chi connectivity index (χ1) is 6.20. The van der Waals surface area contributed by atoms with Gasteiger partial charge in [-0.3, -0.25) is 0 Å². The second kappa shape index (κ2) is 8.10. The van der Waals surface area contributed by atoms with Gasteiger partial charge in [0.1, 0.15) is 0 Å². The quantitative estimate of drug-likeness (QED) is 0.482. The molecule has 0 aliphatic carbocycles. The lowest BCUT2D eigenvalue weighted by Gasteiger charge is -2.09. The molecular formula is C11H20O2. The van der Waals surface area contributed by atoms with Crippen molar-refractivity contribution in [2.24, 2.45) is 5.92 Å². The Labute approximate surface area is 81.6 Å². The zero-order valence-corrected chi connectivity index (χ0v) is 9.09.